The molecule has 0 spiro atoms. The van der Waals surface area contributed by atoms with Gasteiger partial charge < -0.3 is 5.32 Å². The third-order valence-electron chi connectivity index (χ3n) is 4.03. The van der Waals surface area contributed by atoms with E-state index in [2.05, 4.69) is 27.3 Å². The van der Waals surface area contributed by atoms with Gasteiger partial charge in [-0.3, -0.25) is 0 Å². The van der Waals surface area contributed by atoms with Crippen molar-refractivity contribution in [3.63, 3.8) is 0 Å². The number of rotatable bonds is 5. The quantitative estimate of drug-likeness (QED) is 0.617. The Bertz CT molecular complexity index is 926. The summed E-state index contributed by atoms with van der Waals surface area (Å²) in [5.41, 5.74) is 3.55. The average Bonchev–Trinajstić information content (AvgIpc) is 3.02. The van der Waals surface area contributed by atoms with Gasteiger partial charge in [0, 0.05) is 11.8 Å². The molecule has 0 saturated heterocycles. The molecular weight excluding hydrogens is 369 g/mol. The molecule has 0 amide bonds. The van der Waals surface area contributed by atoms with Gasteiger partial charge in [-0.15, -0.1) is 0 Å². The van der Waals surface area contributed by atoms with Crippen LogP contribution in [0.3, 0.4) is 0 Å². The summed E-state index contributed by atoms with van der Waals surface area (Å²) >= 11 is 12.7. The molecule has 0 saturated carbocycles. The van der Waals surface area contributed by atoms with Crippen LogP contribution in [-0.4, -0.2) is 19.7 Å². The summed E-state index contributed by atoms with van der Waals surface area (Å²) in [5.74, 6) is 2.04. The fourth-order valence-electron chi connectivity index (χ4n) is 2.77. The van der Waals surface area contributed by atoms with Crippen LogP contribution in [-0.2, 0) is 6.42 Å². The standard InChI is InChI=1S/C19H21Cl2N5/c1-5-6-14-7-8-26(25-14)19-12(3)18(22-13(4)23-19)24-17-15(20)9-11(2)10-16(17)21/h7-10H,5-6H2,1-4H3,(H,22,23,24). The minimum absolute atomic E-state index is 0.552. The van der Waals surface area contributed by atoms with Crippen LogP contribution in [0, 0.1) is 20.8 Å². The first kappa shape index (κ1) is 18.7. The lowest BCUT2D eigenvalue weighted by Gasteiger charge is -2.15. The molecule has 1 aromatic carbocycles. The zero-order valence-electron chi connectivity index (χ0n) is 15.3. The number of aromatic nitrogens is 4. The Morgan fingerprint density at radius 2 is 1.77 bits per heavy atom. The molecule has 136 valence electrons. The second-order valence-corrected chi connectivity index (χ2v) is 7.11. The second kappa shape index (κ2) is 7.64. The SMILES string of the molecule is CCCc1ccn(-c2nc(C)nc(Nc3c(Cl)cc(C)cc3Cl)c2C)n1. The number of anilines is 2. The van der Waals surface area contributed by atoms with E-state index >= 15 is 0 Å². The molecule has 0 aliphatic heterocycles. The number of halogens is 2. The average molecular weight is 390 g/mol. The number of hydrogen-bond acceptors (Lipinski definition) is 4. The smallest absolute Gasteiger partial charge is 0.162 e. The molecular formula is C19H21Cl2N5. The van der Waals surface area contributed by atoms with Crippen LogP contribution < -0.4 is 5.32 Å². The molecule has 0 fully saturated rings. The van der Waals surface area contributed by atoms with Crippen molar-refractivity contribution in [1.82, 2.24) is 19.7 Å². The van der Waals surface area contributed by atoms with Gasteiger partial charge in [0.15, 0.2) is 5.82 Å². The Balaban J connectivity index is 2.02. The molecule has 0 bridgehead atoms. The van der Waals surface area contributed by atoms with Crippen molar-refractivity contribution in [3.8, 4) is 5.82 Å². The highest BCUT2D eigenvalue weighted by Crippen LogP contribution is 2.35. The molecule has 0 atom stereocenters. The molecule has 3 rings (SSSR count). The van der Waals surface area contributed by atoms with Gasteiger partial charge in [0.05, 0.1) is 21.4 Å². The van der Waals surface area contributed by atoms with Crippen LogP contribution in [0.2, 0.25) is 10.0 Å². The van der Waals surface area contributed by atoms with Gasteiger partial charge in [0.25, 0.3) is 0 Å². The lowest BCUT2D eigenvalue weighted by molar-refractivity contribution is 0.777. The Morgan fingerprint density at radius 3 is 2.42 bits per heavy atom. The summed E-state index contributed by atoms with van der Waals surface area (Å²) < 4.78 is 1.79. The maximum atomic E-state index is 6.36. The lowest BCUT2D eigenvalue weighted by atomic mass is 10.2. The molecule has 0 unspecified atom stereocenters. The summed E-state index contributed by atoms with van der Waals surface area (Å²) in [6.07, 6.45) is 3.92. The van der Waals surface area contributed by atoms with E-state index < -0.39 is 0 Å². The van der Waals surface area contributed by atoms with Crippen LogP contribution >= 0.6 is 23.2 Å². The van der Waals surface area contributed by atoms with Crippen molar-refractivity contribution >= 4 is 34.7 Å². The first-order valence-corrected chi connectivity index (χ1v) is 9.27. The summed E-state index contributed by atoms with van der Waals surface area (Å²) in [6.45, 7) is 7.89. The minimum Gasteiger partial charge on any atom is -0.337 e. The molecule has 2 aromatic heterocycles. The fraction of sp³-hybridized carbons (Fsp3) is 0.316. The van der Waals surface area contributed by atoms with Gasteiger partial charge in [-0.25, -0.2) is 14.6 Å². The number of nitrogens with one attached hydrogen (secondary N) is 1. The van der Waals surface area contributed by atoms with E-state index in [0.29, 0.717) is 27.4 Å². The highest BCUT2D eigenvalue weighted by Gasteiger charge is 2.15. The topological polar surface area (TPSA) is 55.6 Å². The van der Waals surface area contributed by atoms with E-state index in [1.807, 2.05) is 45.2 Å². The van der Waals surface area contributed by atoms with Gasteiger partial charge in [0.2, 0.25) is 0 Å². The van der Waals surface area contributed by atoms with Gasteiger partial charge in [-0.05, 0) is 51.0 Å². The molecule has 7 heteroatoms. The van der Waals surface area contributed by atoms with Gasteiger partial charge >= 0.3 is 0 Å². The van der Waals surface area contributed by atoms with Crippen LogP contribution in [0.25, 0.3) is 5.82 Å². The van der Waals surface area contributed by atoms with Crippen LogP contribution in [0.5, 0.6) is 0 Å². The molecule has 5 nitrogen and oxygen atoms in total. The second-order valence-electron chi connectivity index (χ2n) is 6.30. The third-order valence-corrected chi connectivity index (χ3v) is 4.63. The maximum absolute atomic E-state index is 6.36. The highest BCUT2D eigenvalue weighted by molar-refractivity contribution is 6.39. The van der Waals surface area contributed by atoms with Crippen LogP contribution in [0.4, 0.5) is 11.5 Å². The molecule has 0 aliphatic carbocycles. The minimum atomic E-state index is 0.552. The molecule has 26 heavy (non-hydrogen) atoms. The van der Waals surface area contributed by atoms with Crippen molar-refractivity contribution < 1.29 is 0 Å². The van der Waals surface area contributed by atoms with Crippen molar-refractivity contribution in [1.29, 1.82) is 0 Å². The maximum Gasteiger partial charge on any atom is 0.162 e. The monoisotopic (exact) mass is 389 g/mol. The number of aryl methyl sites for hydroxylation is 3. The normalized spacial score (nSPS) is 11.0. The van der Waals surface area contributed by atoms with E-state index in [4.69, 9.17) is 23.2 Å². The Morgan fingerprint density at radius 1 is 1.08 bits per heavy atom. The summed E-state index contributed by atoms with van der Waals surface area (Å²) in [4.78, 5) is 9.08. The first-order valence-electron chi connectivity index (χ1n) is 8.52. The third kappa shape index (κ3) is 3.84. The largest absolute Gasteiger partial charge is 0.337 e. The predicted octanol–water partition coefficient (Wildman–Crippen LogP) is 5.59. The Hall–Kier alpha value is -2.11. The molecule has 2 heterocycles. The highest BCUT2D eigenvalue weighted by atomic mass is 35.5. The van der Waals surface area contributed by atoms with E-state index in [1.165, 1.54) is 0 Å². The van der Waals surface area contributed by atoms with E-state index in [1.54, 1.807) is 4.68 Å². The number of nitrogens with zero attached hydrogens (tertiary/aromatic N) is 4. The Labute approximate surface area is 163 Å². The lowest BCUT2D eigenvalue weighted by Crippen LogP contribution is -2.09. The van der Waals surface area contributed by atoms with Crippen molar-refractivity contribution in [2.45, 2.75) is 40.5 Å². The van der Waals surface area contributed by atoms with E-state index in [0.717, 1.165) is 35.5 Å². The molecule has 3 aromatic rings. The molecule has 0 aliphatic rings. The number of benzene rings is 1. The van der Waals surface area contributed by atoms with Crippen molar-refractivity contribution in [3.05, 3.63) is 57.1 Å². The summed E-state index contributed by atoms with van der Waals surface area (Å²) in [7, 11) is 0. The zero-order chi connectivity index (χ0) is 18.8. The fourth-order valence-corrected chi connectivity index (χ4v) is 3.46. The summed E-state index contributed by atoms with van der Waals surface area (Å²) in [5, 5.41) is 8.98. The number of hydrogen-bond donors (Lipinski definition) is 1. The zero-order valence-corrected chi connectivity index (χ0v) is 16.8. The van der Waals surface area contributed by atoms with Crippen LogP contribution in [0.15, 0.2) is 24.4 Å². The van der Waals surface area contributed by atoms with Crippen molar-refractivity contribution in [2.24, 2.45) is 0 Å². The predicted molar refractivity (Wildman–Crippen MR) is 107 cm³/mol. The van der Waals surface area contributed by atoms with Gasteiger partial charge in [-0.2, -0.15) is 5.10 Å². The van der Waals surface area contributed by atoms with Crippen molar-refractivity contribution in [2.75, 3.05) is 5.32 Å². The van der Waals surface area contributed by atoms with Gasteiger partial charge in [0.1, 0.15) is 11.6 Å². The van der Waals surface area contributed by atoms with Gasteiger partial charge in [-0.1, -0.05) is 36.5 Å². The molecule has 1 N–H and O–H groups in total. The van der Waals surface area contributed by atoms with Crippen LogP contribution in [0.1, 0.15) is 36.0 Å². The summed E-state index contributed by atoms with van der Waals surface area (Å²) in [6, 6.07) is 5.75. The first-order chi connectivity index (χ1) is 12.4. The van der Waals surface area contributed by atoms with E-state index in [9.17, 15) is 0 Å². The Kier molecular flexibility index (Phi) is 5.49. The molecule has 0 radical (unpaired) electrons. The van der Waals surface area contributed by atoms with E-state index in [-0.39, 0.29) is 0 Å².